The Labute approximate surface area is 191 Å². The monoisotopic (exact) mass is 481 g/mol. The molecule has 3 heterocycles. The quantitative estimate of drug-likeness (QED) is 0.650. The number of hydrogen-bond acceptors (Lipinski definition) is 7. The second-order valence-corrected chi connectivity index (χ2v) is 10.7. The Morgan fingerprint density at radius 1 is 1.12 bits per heavy atom. The number of piperidine rings is 1. The van der Waals surface area contributed by atoms with Crippen molar-refractivity contribution in [3.8, 4) is 0 Å². The fraction of sp³-hybridized carbons (Fsp3) is 0.550. The largest absolute Gasteiger partial charge is 0.379 e. The lowest BCUT2D eigenvalue weighted by Crippen LogP contribution is -2.51. The van der Waals surface area contributed by atoms with Crippen molar-refractivity contribution in [2.45, 2.75) is 26.2 Å². The minimum absolute atomic E-state index is 0.0976. The molecule has 1 aromatic carbocycles. The first-order valence-electron chi connectivity index (χ1n) is 10.7. The van der Waals surface area contributed by atoms with Crippen LogP contribution >= 0.6 is 11.3 Å². The van der Waals surface area contributed by atoms with E-state index in [1.54, 1.807) is 13.0 Å². The zero-order valence-electron chi connectivity index (χ0n) is 17.9. The molecule has 2 aliphatic rings. The lowest BCUT2D eigenvalue weighted by atomic mass is 9.97. The van der Waals surface area contributed by atoms with Crippen LogP contribution in [0.15, 0.2) is 18.2 Å². The number of thiazole rings is 1. The van der Waals surface area contributed by atoms with Crippen LogP contribution in [0, 0.1) is 5.92 Å². The van der Waals surface area contributed by atoms with Gasteiger partial charge in [0.25, 0.3) is 10.2 Å². The highest BCUT2D eigenvalue weighted by molar-refractivity contribution is 7.86. The van der Waals surface area contributed by atoms with Crippen LogP contribution in [-0.2, 0) is 24.5 Å². The van der Waals surface area contributed by atoms with E-state index in [1.807, 2.05) is 12.1 Å². The fourth-order valence-electron chi connectivity index (χ4n) is 3.80. The van der Waals surface area contributed by atoms with Crippen molar-refractivity contribution in [3.05, 3.63) is 18.2 Å². The van der Waals surface area contributed by atoms with E-state index < -0.39 is 10.2 Å². The topological polar surface area (TPSA) is 121 Å². The van der Waals surface area contributed by atoms with Crippen molar-refractivity contribution >= 4 is 54.4 Å². The summed E-state index contributed by atoms with van der Waals surface area (Å²) in [5.74, 6) is -0.473. The highest BCUT2D eigenvalue weighted by atomic mass is 32.2. The molecule has 2 N–H and O–H groups in total. The lowest BCUT2D eigenvalue weighted by Gasteiger charge is -2.35. The maximum atomic E-state index is 12.8. The number of ether oxygens (including phenoxy) is 1. The van der Waals surface area contributed by atoms with Gasteiger partial charge in [-0.3, -0.25) is 9.59 Å². The van der Waals surface area contributed by atoms with Crippen LogP contribution in [0.5, 0.6) is 0 Å². The lowest BCUT2D eigenvalue weighted by molar-refractivity contribution is -0.121. The number of fused-ring (bicyclic) bond motifs is 1. The summed E-state index contributed by atoms with van der Waals surface area (Å²) in [4.78, 5) is 28.8. The second kappa shape index (κ2) is 9.79. The predicted molar refractivity (Wildman–Crippen MR) is 123 cm³/mol. The molecule has 0 spiro atoms. The fourth-order valence-corrected chi connectivity index (χ4v) is 6.27. The molecular weight excluding hydrogens is 454 g/mol. The highest BCUT2D eigenvalue weighted by Gasteiger charge is 2.35. The molecule has 32 heavy (non-hydrogen) atoms. The van der Waals surface area contributed by atoms with Crippen molar-refractivity contribution in [2.75, 3.05) is 50.0 Å². The van der Waals surface area contributed by atoms with Crippen LogP contribution < -0.4 is 10.6 Å². The molecule has 174 valence electrons. The third kappa shape index (κ3) is 5.09. The average Bonchev–Trinajstić information content (AvgIpc) is 3.21. The highest BCUT2D eigenvalue weighted by Crippen LogP contribution is 2.29. The number of nitrogens with one attached hydrogen (secondary N) is 2. The Balaban J connectivity index is 1.34. The maximum Gasteiger partial charge on any atom is 0.282 e. The molecule has 2 amide bonds. The van der Waals surface area contributed by atoms with Gasteiger partial charge in [0, 0.05) is 44.2 Å². The van der Waals surface area contributed by atoms with E-state index in [9.17, 15) is 18.0 Å². The van der Waals surface area contributed by atoms with Gasteiger partial charge in [-0.1, -0.05) is 18.3 Å². The van der Waals surface area contributed by atoms with Crippen LogP contribution in [0.25, 0.3) is 10.2 Å². The second-order valence-electron chi connectivity index (χ2n) is 7.79. The first-order chi connectivity index (χ1) is 15.4. The van der Waals surface area contributed by atoms with Crippen LogP contribution in [0.4, 0.5) is 10.8 Å². The Hall–Kier alpha value is -2.12. The summed E-state index contributed by atoms with van der Waals surface area (Å²) >= 11 is 1.38. The molecule has 12 heteroatoms. The average molecular weight is 482 g/mol. The van der Waals surface area contributed by atoms with Crippen LogP contribution in [0.2, 0.25) is 0 Å². The third-order valence-electron chi connectivity index (χ3n) is 5.67. The van der Waals surface area contributed by atoms with Gasteiger partial charge in [0.2, 0.25) is 11.8 Å². The summed E-state index contributed by atoms with van der Waals surface area (Å²) in [5, 5.41) is 6.21. The van der Waals surface area contributed by atoms with Gasteiger partial charge in [-0.15, -0.1) is 0 Å². The molecule has 4 rings (SSSR count). The molecule has 0 unspecified atom stereocenters. The maximum absolute atomic E-state index is 12.8. The summed E-state index contributed by atoms with van der Waals surface area (Å²) in [6.45, 7) is 3.98. The van der Waals surface area contributed by atoms with E-state index in [1.165, 1.54) is 19.9 Å². The Kier molecular flexibility index (Phi) is 7.05. The molecule has 0 saturated carbocycles. The standard InChI is InChI=1S/C20H27N5O5S2/c1-2-18(26)23-20-22-16-13-15(3-4-17(16)31-20)21-19(27)14-5-7-24(8-6-14)32(28,29)25-9-11-30-12-10-25/h3-4,13-14H,2,5-12H2,1H3,(H,21,27)(H,22,23,26). The Bertz CT molecular complexity index is 1090. The van der Waals surface area contributed by atoms with Crippen molar-refractivity contribution in [1.82, 2.24) is 13.6 Å². The first kappa shape index (κ1) is 23.1. The van der Waals surface area contributed by atoms with E-state index in [0.29, 0.717) is 75.0 Å². The summed E-state index contributed by atoms with van der Waals surface area (Å²) in [6, 6.07) is 5.45. The number of carbonyl (C=O) groups is 2. The molecule has 2 fully saturated rings. The van der Waals surface area contributed by atoms with Gasteiger partial charge < -0.3 is 15.4 Å². The van der Waals surface area contributed by atoms with Crippen molar-refractivity contribution in [3.63, 3.8) is 0 Å². The number of carbonyl (C=O) groups excluding carboxylic acids is 2. The van der Waals surface area contributed by atoms with Gasteiger partial charge in [-0.05, 0) is 31.0 Å². The number of nitrogens with zero attached hydrogens (tertiary/aromatic N) is 3. The van der Waals surface area contributed by atoms with E-state index in [2.05, 4.69) is 15.6 Å². The molecule has 0 bridgehead atoms. The molecule has 0 radical (unpaired) electrons. The molecule has 2 aromatic rings. The van der Waals surface area contributed by atoms with Gasteiger partial charge in [-0.25, -0.2) is 4.98 Å². The minimum Gasteiger partial charge on any atom is -0.379 e. The third-order valence-corrected chi connectivity index (χ3v) is 8.66. The van der Waals surface area contributed by atoms with Crippen molar-refractivity contribution < 1.29 is 22.7 Å². The van der Waals surface area contributed by atoms with Crippen molar-refractivity contribution in [2.24, 2.45) is 5.92 Å². The van der Waals surface area contributed by atoms with Crippen molar-refractivity contribution in [1.29, 1.82) is 0 Å². The smallest absolute Gasteiger partial charge is 0.282 e. The van der Waals surface area contributed by atoms with Crippen LogP contribution in [0.3, 0.4) is 0 Å². The first-order valence-corrected chi connectivity index (χ1v) is 12.9. The number of rotatable bonds is 6. The minimum atomic E-state index is -3.51. The van der Waals surface area contributed by atoms with E-state index in [-0.39, 0.29) is 17.7 Å². The van der Waals surface area contributed by atoms with Gasteiger partial charge >= 0.3 is 0 Å². The van der Waals surface area contributed by atoms with E-state index in [0.717, 1.165) is 4.70 Å². The molecule has 2 saturated heterocycles. The zero-order valence-corrected chi connectivity index (χ0v) is 19.5. The molecule has 0 atom stereocenters. The number of benzene rings is 1. The zero-order chi connectivity index (χ0) is 22.7. The number of anilines is 2. The molecular formula is C20H27N5O5S2. The van der Waals surface area contributed by atoms with Crippen LogP contribution in [0.1, 0.15) is 26.2 Å². The van der Waals surface area contributed by atoms with Gasteiger partial charge in [0.05, 0.1) is 23.4 Å². The van der Waals surface area contributed by atoms with Gasteiger partial charge in [0.1, 0.15) is 0 Å². The molecule has 10 nitrogen and oxygen atoms in total. The van der Waals surface area contributed by atoms with Crippen LogP contribution in [-0.4, -0.2) is 73.2 Å². The van der Waals surface area contributed by atoms with E-state index >= 15 is 0 Å². The normalized spacial score (nSPS) is 19.2. The number of amides is 2. The molecule has 2 aliphatic heterocycles. The SMILES string of the molecule is CCC(=O)Nc1nc2cc(NC(=O)C3CCN(S(=O)(=O)N4CCOCC4)CC3)ccc2s1. The number of morpholine rings is 1. The Morgan fingerprint density at radius 2 is 1.81 bits per heavy atom. The van der Waals surface area contributed by atoms with E-state index in [4.69, 9.17) is 4.74 Å². The summed E-state index contributed by atoms with van der Waals surface area (Å²) < 4.78 is 34.6. The molecule has 1 aromatic heterocycles. The number of aromatic nitrogens is 1. The van der Waals surface area contributed by atoms with Gasteiger partial charge in [-0.2, -0.15) is 17.0 Å². The van der Waals surface area contributed by atoms with Gasteiger partial charge in [0.15, 0.2) is 5.13 Å². The molecule has 0 aliphatic carbocycles. The summed E-state index contributed by atoms with van der Waals surface area (Å²) in [7, 11) is -3.51. The summed E-state index contributed by atoms with van der Waals surface area (Å²) in [6.07, 6.45) is 1.33. The Morgan fingerprint density at radius 3 is 2.50 bits per heavy atom. The number of hydrogen-bond donors (Lipinski definition) is 2. The summed E-state index contributed by atoms with van der Waals surface area (Å²) in [5.41, 5.74) is 1.33. The predicted octanol–water partition coefficient (Wildman–Crippen LogP) is 1.87.